The number of benzene rings is 1. The molecule has 3 fully saturated rings. The molecule has 0 spiro atoms. The number of fused-ring (bicyclic) bond motifs is 2. The molecule has 150 valence electrons. The number of thiazole rings is 1. The molecular formula is C22H25N5OS. The zero-order valence-electron chi connectivity index (χ0n) is 16.5. The van der Waals surface area contributed by atoms with Crippen molar-refractivity contribution < 1.29 is 4.74 Å². The molecule has 0 bridgehead atoms. The van der Waals surface area contributed by atoms with Crippen LogP contribution in [0.15, 0.2) is 30.6 Å². The van der Waals surface area contributed by atoms with E-state index in [-0.39, 0.29) is 0 Å². The maximum atomic E-state index is 5.05. The molecule has 0 radical (unpaired) electrons. The van der Waals surface area contributed by atoms with Crippen LogP contribution in [0.5, 0.6) is 6.01 Å². The second-order valence-corrected chi connectivity index (χ2v) is 9.64. The van der Waals surface area contributed by atoms with Crippen molar-refractivity contribution in [2.24, 2.45) is 5.92 Å². The van der Waals surface area contributed by atoms with Gasteiger partial charge in [-0.2, -0.15) is 0 Å². The number of nitrogens with one attached hydrogen (secondary N) is 1. The van der Waals surface area contributed by atoms with Crippen LogP contribution in [0.4, 0.5) is 0 Å². The van der Waals surface area contributed by atoms with E-state index < -0.39 is 0 Å². The van der Waals surface area contributed by atoms with Crippen LogP contribution in [0.2, 0.25) is 0 Å². The maximum Gasteiger partial charge on any atom is 0.316 e. The summed E-state index contributed by atoms with van der Waals surface area (Å²) in [5, 5.41) is 4.97. The van der Waals surface area contributed by atoms with Gasteiger partial charge in [-0.3, -0.25) is 4.90 Å². The Labute approximate surface area is 174 Å². The van der Waals surface area contributed by atoms with Crippen molar-refractivity contribution in [3.63, 3.8) is 0 Å². The predicted molar refractivity (Wildman–Crippen MR) is 114 cm³/mol. The van der Waals surface area contributed by atoms with Crippen LogP contribution in [-0.4, -0.2) is 58.7 Å². The van der Waals surface area contributed by atoms with E-state index in [4.69, 9.17) is 9.72 Å². The molecule has 6 rings (SSSR count). The summed E-state index contributed by atoms with van der Waals surface area (Å²) in [6.45, 7) is 3.75. The van der Waals surface area contributed by atoms with Gasteiger partial charge in [-0.25, -0.2) is 15.0 Å². The minimum atomic E-state index is 0.395. The van der Waals surface area contributed by atoms with Gasteiger partial charge < -0.3 is 10.1 Å². The van der Waals surface area contributed by atoms with E-state index in [2.05, 4.69) is 38.4 Å². The van der Waals surface area contributed by atoms with E-state index in [9.17, 15) is 0 Å². The van der Waals surface area contributed by atoms with Crippen molar-refractivity contribution >= 4 is 21.6 Å². The number of rotatable bonds is 4. The number of hydrogen-bond acceptors (Lipinski definition) is 7. The molecule has 3 aliphatic rings. The molecule has 1 N–H and O–H groups in total. The molecule has 6 nitrogen and oxygen atoms in total. The summed E-state index contributed by atoms with van der Waals surface area (Å²) in [6, 6.07) is 8.34. The van der Waals surface area contributed by atoms with Crippen molar-refractivity contribution in [3.05, 3.63) is 35.6 Å². The van der Waals surface area contributed by atoms with Crippen LogP contribution in [0.25, 0.3) is 21.3 Å². The van der Waals surface area contributed by atoms with Gasteiger partial charge in [0.2, 0.25) is 0 Å². The lowest BCUT2D eigenvalue weighted by molar-refractivity contribution is 0.128. The number of aromatic nitrogens is 3. The Kier molecular flexibility index (Phi) is 4.29. The highest BCUT2D eigenvalue weighted by molar-refractivity contribution is 7.18. The van der Waals surface area contributed by atoms with Gasteiger partial charge in [-0.15, -0.1) is 11.3 Å². The van der Waals surface area contributed by atoms with Gasteiger partial charge in [-0.05, 0) is 49.4 Å². The average Bonchev–Trinajstić information content (AvgIpc) is 3.41. The monoisotopic (exact) mass is 407 g/mol. The van der Waals surface area contributed by atoms with Crippen LogP contribution < -0.4 is 10.1 Å². The van der Waals surface area contributed by atoms with E-state index in [1.165, 1.54) is 48.6 Å². The number of nitrogens with zero attached hydrogens (tertiary/aromatic N) is 4. The molecule has 1 saturated carbocycles. The molecule has 1 aromatic carbocycles. The summed E-state index contributed by atoms with van der Waals surface area (Å²) in [4.78, 5) is 16.1. The van der Waals surface area contributed by atoms with Gasteiger partial charge in [-0.1, -0.05) is 6.07 Å². The number of likely N-dealkylation sites (tertiary alicyclic amines) is 1. The Morgan fingerprint density at radius 2 is 2.00 bits per heavy atom. The van der Waals surface area contributed by atoms with Crippen molar-refractivity contribution in [2.75, 3.05) is 26.7 Å². The van der Waals surface area contributed by atoms with Gasteiger partial charge in [0.1, 0.15) is 0 Å². The summed E-state index contributed by atoms with van der Waals surface area (Å²) >= 11 is 1.85. The highest BCUT2D eigenvalue weighted by Gasteiger charge is 2.43. The average molecular weight is 408 g/mol. The van der Waals surface area contributed by atoms with Gasteiger partial charge in [0.25, 0.3) is 0 Å². The summed E-state index contributed by atoms with van der Waals surface area (Å²) < 4.78 is 6.30. The molecule has 2 atom stereocenters. The van der Waals surface area contributed by atoms with Gasteiger partial charge >= 0.3 is 6.01 Å². The minimum Gasteiger partial charge on any atom is -0.467 e. The van der Waals surface area contributed by atoms with E-state index in [0.29, 0.717) is 11.9 Å². The molecular weight excluding hydrogens is 382 g/mol. The zero-order chi connectivity index (χ0) is 19.4. The summed E-state index contributed by atoms with van der Waals surface area (Å²) in [5.41, 5.74) is 3.23. The van der Waals surface area contributed by atoms with Crippen LogP contribution in [-0.2, 0) is 0 Å². The number of methoxy groups -OCH3 is 1. The lowest BCUT2D eigenvalue weighted by Gasteiger charge is -2.40. The predicted octanol–water partition coefficient (Wildman–Crippen LogP) is 3.30. The summed E-state index contributed by atoms with van der Waals surface area (Å²) in [7, 11) is 1.58. The first-order chi connectivity index (χ1) is 14.3. The Morgan fingerprint density at radius 3 is 2.79 bits per heavy atom. The second-order valence-electron chi connectivity index (χ2n) is 8.58. The van der Waals surface area contributed by atoms with Gasteiger partial charge in [0.15, 0.2) is 0 Å². The highest BCUT2D eigenvalue weighted by atomic mass is 32.1. The van der Waals surface area contributed by atoms with Crippen molar-refractivity contribution in [2.45, 2.75) is 37.3 Å². The van der Waals surface area contributed by atoms with Crippen LogP contribution >= 0.6 is 11.3 Å². The lowest BCUT2D eigenvalue weighted by Crippen LogP contribution is -2.44. The normalized spacial score (nSPS) is 29.1. The number of ether oxygens (including phenoxy) is 1. The van der Waals surface area contributed by atoms with Crippen LogP contribution in [0, 0.1) is 5.92 Å². The fourth-order valence-corrected chi connectivity index (χ4v) is 6.27. The van der Waals surface area contributed by atoms with E-state index in [0.717, 1.165) is 34.6 Å². The molecule has 1 aliphatic carbocycles. The topological polar surface area (TPSA) is 63.2 Å². The highest BCUT2D eigenvalue weighted by Crippen LogP contribution is 2.44. The summed E-state index contributed by atoms with van der Waals surface area (Å²) in [6.07, 6.45) is 7.51. The fraction of sp³-hybridized carbons (Fsp3) is 0.500. The minimum absolute atomic E-state index is 0.395. The first-order valence-corrected chi connectivity index (χ1v) is 11.3. The van der Waals surface area contributed by atoms with E-state index in [1.807, 2.05) is 23.7 Å². The third kappa shape index (κ3) is 3.12. The fourth-order valence-electron chi connectivity index (χ4n) is 5.14. The van der Waals surface area contributed by atoms with Gasteiger partial charge in [0, 0.05) is 49.0 Å². The Hall–Kier alpha value is -2.09. The van der Waals surface area contributed by atoms with Gasteiger partial charge in [0.05, 0.1) is 22.3 Å². The third-order valence-electron chi connectivity index (χ3n) is 6.92. The first-order valence-electron chi connectivity index (χ1n) is 10.5. The SMILES string of the molecule is COc1ncc(-c2ccc3nc([C@H]4C[C@@H](N5C[C@H]6CCN[C@H]6C5)C4)sc3c2)cn1. The maximum absolute atomic E-state index is 5.05. The largest absolute Gasteiger partial charge is 0.467 e. The molecule has 7 heteroatoms. The Morgan fingerprint density at radius 1 is 1.14 bits per heavy atom. The summed E-state index contributed by atoms with van der Waals surface area (Å²) in [5.74, 6) is 1.51. The Balaban J connectivity index is 1.16. The third-order valence-corrected chi connectivity index (χ3v) is 8.10. The first kappa shape index (κ1) is 17.7. The molecule has 2 saturated heterocycles. The molecule has 3 aromatic rings. The molecule has 29 heavy (non-hydrogen) atoms. The molecule has 2 aromatic heterocycles. The van der Waals surface area contributed by atoms with Crippen molar-refractivity contribution in [3.8, 4) is 17.1 Å². The van der Waals surface area contributed by atoms with Crippen LogP contribution in [0.1, 0.15) is 30.2 Å². The lowest BCUT2D eigenvalue weighted by atomic mass is 9.80. The standard InChI is InChI=1S/C22H25N5OS/c1-28-22-24-9-16(10-25-22)13-2-3-18-20(8-13)29-21(26-18)15-6-17(7-15)27-11-14-4-5-23-19(14)12-27/h2-3,8-10,14-15,17,19,23H,4-7,11-12H2,1H3/t14-,15-,17+,19+/m1/s1. The van der Waals surface area contributed by atoms with Crippen molar-refractivity contribution in [1.29, 1.82) is 0 Å². The molecule has 2 aliphatic heterocycles. The van der Waals surface area contributed by atoms with E-state index in [1.54, 1.807) is 7.11 Å². The Bertz CT molecular complexity index is 1020. The molecule has 0 unspecified atom stereocenters. The zero-order valence-corrected chi connectivity index (χ0v) is 17.4. The number of hydrogen-bond donors (Lipinski definition) is 1. The van der Waals surface area contributed by atoms with Crippen molar-refractivity contribution in [1.82, 2.24) is 25.2 Å². The molecule has 0 amide bonds. The second kappa shape index (κ2) is 7.00. The van der Waals surface area contributed by atoms with E-state index >= 15 is 0 Å². The van der Waals surface area contributed by atoms with Crippen LogP contribution in [0.3, 0.4) is 0 Å². The quantitative estimate of drug-likeness (QED) is 0.716. The molecule has 4 heterocycles. The smallest absolute Gasteiger partial charge is 0.316 e.